The molecule has 2 saturated heterocycles. The lowest BCUT2D eigenvalue weighted by atomic mass is 9.77. The van der Waals surface area contributed by atoms with Crippen LogP contribution >= 0.6 is 0 Å². The van der Waals surface area contributed by atoms with Gasteiger partial charge >= 0.3 is 5.97 Å². The number of fused-ring (bicyclic) bond motifs is 3. The van der Waals surface area contributed by atoms with Gasteiger partial charge < -0.3 is 38.8 Å². The molecule has 17 heteroatoms. The van der Waals surface area contributed by atoms with Crippen LogP contribution in [0.25, 0.3) is 0 Å². The Bertz CT molecular complexity index is 2020. The minimum atomic E-state index is -2.43. The van der Waals surface area contributed by atoms with Gasteiger partial charge in [-0.05, 0) is 117 Å². The molecular weight excluding hydrogens is 887 g/mol. The van der Waals surface area contributed by atoms with E-state index in [1.165, 1.54) is 12.0 Å². The van der Waals surface area contributed by atoms with E-state index < -0.39 is 77.8 Å². The van der Waals surface area contributed by atoms with Crippen LogP contribution in [0.3, 0.4) is 0 Å². The molecular formula is C52H79N5O12. The van der Waals surface area contributed by atoms with Crippen LogP contribution in [0.2, 0.25) is 0 Å². The molecule has 17 nitrogen and oxygen atoms in total. The number of nitrogens with zero attached hydrogens (tertiary/aromatic N) is 5. The summed E-state index contributed by atoms with van der Waals surface area (Å²) < 4.78 is 31.6. The van der Waals surface area contributed by atoms with E-state index in [9.17, 15) is 34.2 Å². The fraction of sp³-hybridized carbons (Fsp3) is 0.731. The molecule has 1 saturated carbocycles. The molecule has 2 N–H and O–H groups in total. The average molecular weight is 966 g/mol. The molecule has 0 spiro atoms. The molecule has 4 aliphatic rings. The number of aliphatic hydroxyl groups is 2. The number of aliphatic hydroxyl groups excluding tert-OH is 1. The Labute approximate surface area is 408 Å². The molecule has 4 heterocycles. The Kier molecular flexibility index (Phi) is 20.8. The smallest absolute Gasteiger partial charge is 0.329 e. The highest BCUT2D eigenvalue weighted by atomic mass is 16.6. The molecule has 1 aromatic heterocycles. The summed E-state index contributed by atoms with van der Waals surface area (Å²) in [5.74, 6) is -7.92. The molecule has 1 aromatic rings. The van der Waals surface area contributed by atoms with E-state index in [1.807, 2.05) is 58.1 Å². The number of rotatable bonds is 7. The predicted octanol–water partition coefficient (Wildman–Crippen LogP) is 6.05. The van der Waals surface area contributed by atoms with Gasteiger partial charge in [0.2, 0.25) is 5.79 Å². The summed E-state index contributed by atoms with van der Waals surface area (Å²) in [4.78, 5) is 72.3. The SMILES string of the molecule is CO[C@H]1C[C@@H]2CC[C@@H](C)[C@@](O)(O2)C(=O)C(=O)N2CCCC[C@H]2C(=O)O[C@H]([C@H](C)C[C@@H]2CC[C@@H](n3cnnn3)[C@H](OC)C2)CC(=O)[C@H](C)C=C(C)[C@@H](O)[C@@H](OC)C(=O)[C@H](C)C[C@H](C)C=CC=CC=C1C. The van der Waals surface area contributed by atoms with Gasteiger partial charge in [0.05, 0.1) is 24.4 Å². The van der Waals surface area contributed by atoms with Crippen molar-refractivity contribution in [1.29, 1.82) is 0 Å². The third-order valence-corrected chi connectivity index (χ3v) is 15.2. The number of carbonyl (C=O) groups is 5. The molecule has 1 amide bonds. The Balaban J connectivity index is 1.46. The number of cyclic esters (lactones) is 1. The van der Waals surface area contributed by atoms with E-state index in [0.29, 0.717) is 56.9 Å². The number of esters is 1. The van der Waals surface area contributed by atoms with Gasteiger partial charge in [-0.15, -0.1) is 5.10 Å². The third kappa shape index (κ3) is 14.2. The molecule has 5 rings (SSSR count). The second-order valence-corrected chi connectivity index (χ2v) is 20.4. The summed E-state index contributed by atoms with van der Waals surface area (Å²) in [5, 5.41) is 35.2. The minimum absolute atomic E-state index is 0.0170. The van der Waals surface area contributed by atoms with Gasteiger partial charge in [0.1, 0.15) is 36.5 Å². The topological polar surface area (TPSA) is 219 Å². The van der Waals surface area contributed by atoms with E-state index in [0.717, 1.165) is 18.4 Å². The van der Waals surface area contributed by atoms with Crippen molar-refractivity contribution in [1.82, 2.24) is 25.1 Å². The van der Waals surface area contributed by atoms with E-state index >= 15 is 0 Å². The monoisotopic (exact) mass is 966 g/mol. The number of ether oxygens (including phenoxy) is 5. The van der Waals surface area contributed by atoms with Gasteiger partial charge in [-0.3, -0.25) is 19.2 Å². The van der Waals surface area contributed by atoms with Crippen LogP contribution < -0.4 is 0 Å². The lowest BCUT2D eigenvalue weighted by Crippen LogP contribution is -2.61. The predicted molar refractivity (Wildman–Crippen MR) is 256 cm³/mol. The normalized spacial score (nSPS) is 36.3. The zero-order chi connectivity index (χ0) is 50.6. The summed E-state index contributed by atoms with van der Waals surface area (Å²) in [6.45, 7) is 12.8. The van der Waals surface area contributed by atoms with Crippen LogP contribution in [0.1, 0.15) is 132 Å². The first kappa shape index (κ1) is 55.7. The zero-order valence-corrected chi connectivity index (χ0v) is 42.5. The summed E-state index contributed by atoms with van der Waals surface area (Å²) >= 11 is 0. The Hall–Kier alpha value is -4.26. The Morgan fingerprint density at radius 3 is 2.32 bits per heavy atom. The number of carbonyl (C=O) groups excluding carboxylic acids is 5. The number of allylic oxidation sites excluding steroid dienone is 6. The largest absolute Gasteiger partial charge is 0.460 e. The maximum Gasteiger partial charge on any atom is 0.329 e. The summed E-state index contributed by atoms with van der Waals surface area (Å²) in [5.41, 5.74) is 1.27. The molecule has 0 radical (unpaired) electrons. The number of tetrazole rings is 1. The molecule has 0 aromatic carbocycles. The lowest BCUT2D eigenvalue weighted by molar-refractivity contribution is -0.265. The number of amides is 1. The zero-order valence-electron chi connectivity index (χ0n) is 42.5. The molecule has 0 unspecified atom stereocenters. The van der Waals surface area contributed by atoms with Gasteiger partial charge in [0, 0.05) is 58.5 Å². The number of Topliss-reactive ketones (excluding diaryl/α,β-unsaturated/α-hetero) is 3. The summed E-state index contributed by atoms with van der Waals surface area (Å²) in [6.07, 6.45) is 13.9. The minimum Gasteiger partial charge on any atom is -0.460 e. The van der Waals surface area contributed by atoms with Crippen molar-refractivity contribution in [3.8, 4) is 0 Å². The van der Waals surface area contributed by atoms with Crippen molar-refractivity contribution >= 4 is 29.2 Å². The second kappa shape index (κ2) is 25.7. The number of piperidine rings is 1. The number of hydrogen-bond acceptors (Lipinski definition) is 15. The summed E-state index contributed by atoms with van der Waals surface area (Å²) in [6, 6.07) is -1.19. The van der Waals surface area contributed by atoms with Gasteiger partial charge in [-0.1, -0.05) is 71.1 Å². The first-order valence-electron chi connectivity index (χ1n) is 25.0. The van der Waals surface area contributed by atoms with E-state index in [4.69, 9.17) is 23.7 Å². The van der Waals surface area contributed by atoms with Gasteiger partial charge in [-0.25, -0.2) is 9.48 Å². The standard InChI is InChI=1S/C52H79N5O12/c1-31-16-12-11-13-17-32(2)43(65-8)28-39-21-19-37(7)52(64,69-39)49(61)50(62)56-23-15-14-18-41(56)51(63)68-44(34(4)26-38-20-22-40(45(27-38)66-9)57-30-53-54-55-57)29-42(58)33(3)25-36(6)47(60)48(67-10)46(59)35(5)24-31/h11-13,16-17,25,30-31,33-35,37-41,43-45,47-48,60,64H,14-15,18-24,26-29H2,1-10H3/t31-,33-,34-,35-,37-,38+,39+,40-,41+,43+,44+,45-,47-,48+,52-/m1/s1. The van der Waals surface area contributed by atoms with E-state index in [2.05, 4.69) is 15.5 Å². The molecule has 15 atom stereocenters. The Morgan fingerprint density at radius 2 is 1.64 bits per heavy atom. The summed E-state index contributed by atoms with van der Waals surface area (Å²) in [7, 11) is 4.62. The highest BCUT2D eigenvalue weighted by molar-refractivity contribution is 6.39. The van der Waals surface area contributed by atoms with Gasteiger partial charge in [-0.2, -0.15) is 0 Å². The fourth-order valence-corrected chi connectivity index (χ4v) is 10.7. The fourth-order valence-electron chi connectivity index (χ4n) is 10.7. The van der Waals surface area contributed by atoms with Crippen LogP contribution in [0.5, 0.6) is 0 Å². The quantitative estimate of drug-likeness (QED) is 0.181. The maximum atomic E-state index is 14.5. The highest BCUT2D eigenvalue weighted by Gasteiger charge is 2.53. The number of methoxy groups -OCH3 is 3. The van der Waals surface area contributed by atoms with E-state index in [-0.39, 0.29) is 60.9 Å². The van der Waals surface area contributed by atoms with Crippen molar-refractivity contribution in [3.05, 3.63) is 53.9 Å². The number of ketones is 3. The van der Waals surface area contributed by atoms with Gasteiger partial charge in [0.25, 0.3) is 11.7 Å². The highest BCUT2D eigenvalue weighted by Crippen LogP contribution is 2.39. The Morgan fingerprint density at radius 1 is 0.884 bits per heavy atom. The average Bonchev–Trinajstić information content (AvgIpc) is 3.88. The molecule has 1 aliphatic carbocycles. The molecule has 3 aliphatic heterocycles. The van der Waals surface area contributed by atoms with Crippen LogP contribution in [-0.4, -0.2) is 141 Å². The van der Waals surface area contributed by atoms with E-state index in [1.54, 1.807) is 52.1 Å². The number of hydrogen-bond donors (Lipinski definition) is 2. The first-order chi connectivity index (χ1) is 32.8. The molecule has 3 fully saturated rings. The van der Waals surface area contributed by atoms with Crippen molar-refractivity contribution in [2.75, 3.05) is 27.9 Å². The van der Waals surface area contributed by atoms with Crippen molar-refractivity contribution in [2.45, 2.75) is 180 Å². The molecule has 2 bridgehead atoms. The van der Waals surface area contributed by atoms with Crippen molar-refractivity contribution in [2.24, 2.45) is 35.5 Å². The molecule has 384 valence electrons. The van der Waals surface area contributed by atoms with Crippen LogP contribution in [0.4, 0.5) is 0 Å². The number of aromatic nitrogens is 4. The lowest BCUT2D eigenvalue weighted by Gasteiger charge is -2.42. The van der Waals surface area contributed by atoms with Crippen LogP contribution in [0, 0.1) is 35.5 Å². The third-order valence-electron chi connectivity index (χ3n) is 15.2. The van der Waals surface area contributed by atoms with Crippen LogP contribution in [0.15, 0.2) is 53.9 Å². The van der Waals surface area contributed by atoms with Crippen molar-refractivity contribution < 1.29 is 57.9 Å². The first-order valence-corrected chi connectivity index (χ1v) is 25.0. The second-order valence-electron chi connectivity index (χ2n) is 20.4. The van der Waals surface area contributed by atoms with Gasteiger partial charge in [0.15, 0.2) is 5.78 Å². The van der Waals surface area contributed by atoms with Crippen molar-refractivity contribution in [3.63, 3.8) is 0 Å². The molecule has 69 heavy (non-hydrogen) atoms. The maximum absolute atomic E-state index is 14.5. The van der Waals surface area contributed by atoms with Crippen LogP contribution in [-0.2, 0) is 47.7 Å².